The maximum Gasteiger partial charge on any atom is 0.329 e. The van der Waals surface area contributed by atoms with Crippen LogP contribution in [0.25, 0.3) is 0 Å². The van der Waals surface area contributed by atoms with E-state index < -0.39 is 11.2 Å². The quantitative estimate of drug-likeness (QED) is 0.485. The van der Waals surface area contributed by atoms with Crippen molar-refractivity contribution in [3.05, 3.63) is 26.4 Å². The first kappa shape index (κ1) is 8.31. The van der Waals surface area contributed by atoms with Gasteiger partial charge < -0.3 is 0 Å². The van der Waals surface area contributed by atoms with Gasteiger partial charge >= 0.3 is 5.69 Å². The van der Waals surface area contributed by atoms with E-state index in [0.717, 1.165) is 5.75 Å². The number of thioether (sulfide) groups is 1. The number of H-pyrrole nitrogens is 1. The number of aldehydes is 1. The molecule has 2 rings (SSSR count). The molecule has 0 aromatic carbocycles. The van der Waals surface area contributed by atoms with Crippen molar-refractivity contribution in [1.29, 1.82) is 0 Å². The number of nitrogens with one attached hydrogen (secondary N) is 1. The van der Waals surface area contributed by atoms with Gasteiger partial charge in [0.2, 0.25) is 0 Å². The van der Waals surface area contributed by atoms with E-state index in [4.69, 9.17) is 0 Å². The smallest absolute Gasteiger partial charge is 0.298 e. The van der Waals surface area contributed by atoms with Crippen LogP contribution in [0, 0.1) is 0 Å². The Bertz CT molecular complexity index is 474. The summed E-state index contributed by atoms with van der Waals surface area (Å²) in [5.41, 5.74) is -0.974. The number of rotatable bonds is 1. The standard InChI is InChI=1S/C7H6N2O3S/c10-3-4-5(11)8-7(12)9-1-2-13-6(4)9/h3H,1-2H2,(H,8,11,12). The molecule has 1 aromatic rings. The zero-order chi connectivity index (χ0) is 9.42. The summed E-state index contributed by atoms with van der Waals surface area (Å²) in [6.07, 6.45) is 0.489. The molecule has 0 saturated carbocycles. The average Bonchev–Trinajstić information content (AvgIpc) is 2.53. The van der Waals surface area contributed by atoms with Crippen LogP contribution < -0.4 is 11.2 Å². The highest BCUT2D eigenvalue weighted by Crippen LogP contribution is 2.23. The Morgan fingerprint density at radius 1 is 1.46 bits per heavy atom. The molecule has 0 bridgehead atoms. The van der Waals surface area contributed by atoms with Crippen LogP contribution in [0.15, 0.2) is 14.6 Å². The van der Waals surface area contributed by atoms with E-state index in [1.54, 1.807) is 0 Å². The van der Waals surface area contributed by atoms with Crippen molar-refractivity contribution in [1.82, 2.24) is 9.55 Å². The highest BCUT2D eigenvalue weighted by atomic mass is 32.2. The van der Waals surface area contributed by atoms with Crippen LogP contribution in [0.4, 0.5) is 0 Å². The molecule has 6 heteroatoms. The lowest BCUT2D eigenvalue weighted by molar-refractivity contribution is 0.111. The number of aromatic nitrogens is 2. The molecule has 0 fully saturated rings. The summed E-state index contributed by atoms with van der Waals surface area (Å²) in [7, 11) is 0. The first-order valence-electron chi connectivity index (χ1n) is 3.69. The molecule has 0 unspecified atom stereocenters. The highest BCUT2D eigenvalue weighted by molar-refractivity contribution is 7.99. The van der Waals surface area contributed by atoms with Crippen molar-refractivity contribution < 1.29 is 4.79 Å². The summed E-state index contributed by atoms with van der Waals surface area (Å²) in [6, 6.07) is 0. The Balaban J connectivity index is 2.87. The summed E-state index contributed by atoms with van der Waals surface area (Å²) in [4.78, 5) is 34.9. The number of nitrogens with zero attached hydrogens (tertiary/aromatic N) is 1. The van der Waals surface area contributed by atoms with Gasteiger partial charge in [-0.3, -0.25) is 19.1 Å². The van der Waals surface area contributed by atoms with Crippen LogP contribution in [-0.4, -0.2) is 21.6 Å². The number of carbonyl (C=O) groups excluding carboxylic acids is 1. The second kappa shape index (κ2) is 2.88. The summed E-state index contributed by atoms with van der Waals surface area (Å²) in [5.74, 6) is 0.730. The van der Waals surface area contributed by atoms with E-state index in [9.17, 15) is 14.4 Å². The van der Waals surface area contributed by atoms with Gasteiger partial charge in [0.25, 0.3) is 5.56 Å². The van der Waals surface area contributed by atoms with E-state index in [2.05, 4.69) is 4.98 Å². The van der Waals surface area contributed by atoms with E-state index in [1.165, 1.54) is 16.3 Å². The van der Waals surface area contributed by atoms with Crippen molar-refractivity contribution in [2.45, 2.75) is 11.6 Å². The molecular weight excluding hydrogens is 192 g/mol. The van der Waals surface area contributed by atoms with Crippen molar-refractivity contribution in [3.63, 3.8) is 0 Å². The number of hydrogen-bond acceptors (Lipinski definition) is 4. The van der Waals surface area contributed by atoms with Gasteiger partial charge in [-0.15, -0.1) is 11.8 Å². The number of hydrogen-bond donors (Lipinski definition) is 1. The molecule has 0 atom stereocenters. The van der Waals surface area contributed by atoms with E-state index >= 15 is 0 Å². The first-order valence-corrected chi connectivity index (χ1v) is 4.67. The maximum atomic E-state index is 11.2. The minimum absolute atomic E-state index is 0.0575. The van der Waals surface area contributed by atoms with Gasteiger partial charge in [-0.05, 0) is 0 Å². The minimum Gasteiger partial charge on any atom is -0.298 e. The van der Waals surface area contributed by atoms with Gasteiger partial charge in [0.05, 0.1) is 5.03 Å². The minimum atomic E-state index is -0.597. The maximum absolute atomic E-state index is 11.2. The zero-order valence-corrected chi connectivity index (χ0v) is 7.39. The van der Waals surface area contributed by atoms with Crippen LogP contribution in [0.2, 0.25) is 0 Å². The van der Waals surface area contributed by atoms with Crippen molar-refractivity contribution in [2.24, 2.45) is 0 Å². The van der Waals surface area contributed by atoms with Gasteiger partial charge in [-0.25, -0.2) is 4.79 Å². The molecule has 0 spiro atoms. The van der Waals surface area contributed by atoms with Crippen LogP contribution in [0.5, 0.6) is 0 Å². The van der Waals surface area contributed by atoms with Gasteiger partial charge in [0, 0.05) is 12.3 Å². The third-order valence-corrected chi connectivity index (χ3v) is 2.96. The fraction of sp³-hybridized carbons (Fsp3) is 0.286. The molecule has 0 radical (unpaired) electrons. The monoisotopic (exact) mass is 198 g/mol. The Labute approximate surface area is 76.8 Å². The van der Waals surface area contributed by atoms with E-state index in [-0.39, 0.29) is 5.56 Å². The van der Waals surface area contributed by atoms with Crippen LogP contribution >= 0.6 is 11.8 Å². The molecule has 0 saturated heterocycles. The van der Waals surface area contributed by atoms with Gasteiger partial charge in [0.1, 0.15) is 5.56 Å². The predicted octanol–water partition coefficient (Wildman–Crippen LogP) is -0.545. The summed E-state index contributed by atoms with van der Waals surface area (Å²) in [6.45, 7) is 0.552. The van der Waals surface area contributed by atoms with Crippen molar-refractivity contribution >= 4 is 18.0 Å². The molecule has 68 valence electrons. The van der Waals surface area contributed by atoms with E-state index in [1.807, 2.05) is 0 Å². The third kappa shape index (κ3) is 1.14. The van der Waals surface area contributed by atoms with E-state index in [0.29, 0.717) is 17.9 Å². The fourth-order valence-corrected chi connectivity index (χ4v) is 2.36. The molecule has 1 N–H and O–H groups in total. The lowest BCUT2D eigenvalue weighted by Gasteiger charge is -2.01. The van der Waals surface area contributed by atoms with Gasteiger partial charge in [0.15, 0.2) is 6.29 Å². The van der Waals surface area contributed by atoms with Crippen molar-refractivity contribution in [2.75, 3.05) is 5.75 Å². The number of carbonyl (C=O) groups is 1. The summed E-state index contributed by atoms with van der Waals surface area (Å²) < 4.78 is 1.41. The molecule has 1 aromatic heterocycles. The third-order valence-electron chi connectivity index (χ3n) is 1.86. The van der Waals surface area contributed by atoms with Crippen LogP contribution in [0.1, 0.15) is 10.4 Å². The lowest BCUT2D eigenvalue weighted by atomic mass is 10.4. The Morgan fingerprint density at radius 3 is 2.92 bits per heavy atom. The van der Waals surface area contributed by atoms with Gasteiger partial charge in [-0.2, -0.15) is 0 Å². The predicted molar refractivity (Wildman–Crippen MR) is 47.4 cm³/mol. The number of aromatic amines is 1. The molecule has 13 heavy (non-hydrogen) atoms. The largest absolute Gasteiger partial charge is 0.329 e. The lowest BCUT2D eigenvalue weighted by Crippen LogP contribution is -2.32. The SMILES string of the molecule is O=Cc1c2n(c(=O)[nH]c1=O)CCS2. The average molecular weight is 198 g/mol. The fourth-order valence-electron chi connectivity index (χ4n) is 1.26. The molecule has 2 heterocycles. The van der Waals surface area contributed by atoms with Gasteiger partial charge in [-0.1, -0.05) is 0 Å². The number of fused-ring (bicyclic) bond motifs is 1. The van der Waals surface area contributed by atoms with Crippen LogP contribution in [-0.2, 0) is 6.54 Å². The van der Waals surface area contributed by atoms with Crippen LogP contribution in [0.3, 0.4) is 0 Å². The second-order valence-electron chi connectivity index (χ2n) is 2.60. The molecule has 0 aliphatic carbocycles. The normalized spacial score (nSPS) is 14.2. The Hall–Kier alpha value is -1.30. The van der Waals surface area contributed by atoms with Crippen molar-refractivity contribution in [3.8, 4) is 0 Å². The Morgan fingerprint density at radius 2 is 2.23 bits per heavy atom. The second-order valence-corrected chi connectivity index (χ2v) is 3.68. The Kier molecular flexibility index (Phi) is 1.84. The summed E-state index contributed by atoms with van der Waals surface area (Å²) >= 11 is 1.36. The molecule has 0 amide bonds. The summed E-state index contributed by atoms with van der Waals surface area (Å²) in [5, 5.41) is 0.490. The topological polar surface area (TPSA) is 71.9 Å². The molecular formula is C7H6N2O3S. The highest BCUT2D eigenvalue weighted by Gasteiger charge is 2.19. The first-order chi connectivity index (χ1) is 6.24. The molecule has 1 aliphatic rings. The zero-order valence-electron chi connectivity index (χ0n) is 6.57. The molecule has 1 aliphatic heterocycles. The molecule has 5 nitrogen and oxygen atoms in total.